The van der Waals surface area contributed by atoms with E-state index in [4.69, 9.17) is 4.74 Å². The minimum atomic E-state index is -0.695. The van der Waals surface area contributed by atoms with Crippen LogP contribution in [-0.2, 0) is 28.2 Å². The number of aliphatic hydroxyl groups excluding tert-OH is 1. The van der Waals surface area contributed by atoms with Crippen LogP contribution in [0.1, 0.15) is 61.1 Å². The molecule has 1 N–H and O–H groups in total. The number of benzene rings is 3. The van der Waals surface area contributed by atoms with Crippen molar-refractivity contribution in [3.8, 4) is 5.75 Å². The number of hydrogen-bond donors (Lipinski definition) is 1. The number of hydrogen-bond acceptors (Lipinski definition) is 5. The molecule has 7 heteroatoms. The lowest BCUT2D eigenvalue weighted by atomic mass is 9.85. The number of amides is 1. The van der Waals surface area contributed by atoms with Crippen molar-refractivity contribution in [3.63, 3.8) is 0 Å². The summed E-state index contributed by atoms with van der Waals surface area (Å²) >= 11 is 0. The van der Waals surface area contributed by atoms with Crippen molar-refractivity contribution in [2.45, 2.75) is 58.7 Å². The van der Waals surface area contributed by atoms with Gasteiger partial charge in [-0.15, -0.1) is 0 Å². The van der Waals surface area contributed by atoms with Crippen molar-refractivity contribution in [2.75, 3.05) is 6.54 Å². The monoisotopic (exact) mass is 563 g/mol. The van der Waals surface area contributed by atoms with E-state index in [0.29, 0.717) is 37.4 Å². The number of imidazole rings is 1. The zero-order valence-corrected chi connectivity index (χ0v) is 24.6. The molecule has 4 aromatic rings. The standard InChI is InChI=1S/C35H37N3O4/c1-24-7-5-8-25(21-24)22-42-29-15-11-27(12-16-29)32(39)30-31(26-9-13-28(14-10-26)35(2,3)4)38(34(41)33(30)40)19-6-18-37-20-17-36-23-37/h5,7-17,20-21,23,31,39H,6,18-19,22H2,1-4H3/b32-30+. The Kier molecular flexibility index (Phi) is 8.29. The van der Waals surface area contributed by atoms with Crippen LogP contribution in [0.2, 0.25) is 0 Å². The highest BCUT2D eigenvalue weighted by Gasteiger charge is 2.45. The fourth-order valence-electron chi connectivity index (χ4n) is 5.30. The Bertz CT molecular complexity index is 1580. The average Bonchev–Trinajstić information content (AvgIpc) is 3.58. The van der Waals surface area contributed by atoms with Gasteiger partial charge in [0, 0.05) is 31.0 Å². The summed E-state index contributed by atoms with van der Waals surface area (Å²) in [6, 6.07) is 22.3. The zero-order chi connectivity index (χ0) is 29.9. The van der Waals surface area contributed by atoms with Gasteiger partial charge in [-0.05, 0) is 59.7 Å². The van der Waals surface area contributed by atoms with E-state index in [-0.39, 0.29) is 16.7 Å². The fourth-order valence-corrected chi connectivity index (χ4v) is 5.30. The summed E-state index contributed by atoms with van der Waals surface area (Å²) in [6.45, 7) is 9.88. The molecular formula is C35H37N3O4. The summed E-state index contributed by atoms with van der Waals surface area (Å²) < 4.78 is 7.87. The van der Waals surface area contributed by atoms with Gasteiger partial charge < -0.3 is 19.3 Å². The van der Waals surface area contributed by atoms with E-state index in [9.17, 15) is 14.7 Å². The van der Waals surface area contributed by atoms with Gasteiger partial charge in [-0.3, -0.25) is 9.59 Å². The van der Waals surface area contributed by atoms with Crippen molar-refractivity contribution in [2.24, 2.45) is 0 Å². The molecule has 0 radical (unpaired) electrons. The summed E-state index contributed by atoms with van der Waals surface area (Å²) in [5.74, 6) is -0.840. The van der Waals surface area contributed by atoms with Gasteiger partial charge in [0.2, 0.25) is 0 Å². The lowest BCUT2D eigenvalue weighted by Crippen LogP contribution is -2.31. The zero-order valence-electron chi connectivity index (χ0n) is 24.6. The highest BCUT2D eigenvalue weighted by molar-refractivity contribution is 6.46. The number of aliphatic hydroxyl groups is 1. The molecule has 42 heavy (non-hydrogen) atoms. The number of rotatable bonds is 9. The summed E-state index contributed by atoms with van der Waals surface area (Å²) in [5.41, 5.74) is 4.65. The first-order chi connectivity index (χ1) is 20.1. The third-order valence-corrected chi connectivity index (χ3v) is 7.62. The Labute approximate surface area is 247 Å². The SMILES string of the molecule is Cc1cccc(COc2ccc(/C(O)=C3\C(=O)C(=O)N(CCCn4ccnc4)C3c3ccc(C(C)(C)C)cc3)cc2)c1. The molecule has 0 aliphatic carbocycles. The van der Waals surface area contributed by atoms with Crippen LogP contribution in [0, 0.1) is 6.92 Å². The molecule has 5 rings (SSSR count). The lowest BCUT2D eigenvalue weighted by Gasteiger charge is -2.26. The van der Waals surface area contributed by atoms with Crippen molar-refractivity contribution in [3.05, 3.63) is 125 Å². The fraction of sp³-hybridized carbons (Fsp3) is 0.286. The van der Waals surface area contributed by atoms with Crippen LogP contribution in [0.4, 0.5) is 0 Å². The van der Waals surface area contributed by atoms with Crippen LogP contribution in [0.5, 0.6) is 5.75 Å². The Balaban J connectivity index is 1.43. The van der Waals surface area contributed by atoms with Crippen LogP contribution in [0.25, 0.3) is 5.76 Å². The van der Waals surface area contributed by atoms with E-state index in [0.717, 1.165) is 22.3 Å². The van der Waals surface area contributed by atoms with Gasteiger partial charge in [0.15, 0.2) is 0 Å². The average molecular weight is 564 g/mol. The van der Waals surface area contributed by atoms with Crippen LogP contribution in [0.3, 0.4) is 0 Å². The maximum absolute atomic E-state index is 13.4. The summed E-state index contributed by atoms with van der Waals surface area (Å²) in [7, 11) is 0. The van der Waals surface area contributed by atoms with E-state index >= 15 is 0 Å². The molecule has 216 valence electrons. The largest absolute Gasteiger partial charge is 0.507 e. The molecule has 1 aromatic heterocycles. The van der Waals surface area contributed by atoms with Crippen molar-refractivity contribution < 1.29 is 19.4 Å². The van der Waals surface area contributed by atoms with Gasteiger partial charge in [-0.2, -0.15) is 0 Å². The predicted octanol–water partition coefficient (Wildman–Crippen LogP) is 6.58. The first kappa shape index (κ1) is 28.9. The minimum absolute atomic E-state index is 0.0473. The second-order valence-electron chi connectivity index (χ2n) is 11.8. The topological polar surface area (TPSA) is 84.7 Å². The van der Waals surface area contributed by atoms with E-state index in [1.165, 1.54) is 0 Å². The number of Topliss-reactive ketones (excluding diaryl/α,β-unsaturated/α-hetero) is 1. The maximum Gasteiger partial charge on any atom is 0.295 e. The van der Waals surface area contributed by atoms with Crippen molar-refractivity contribution in [1.82, 2.24) is 14.5 Å². The van der Waals surface area contributed by atoms with Crippen LogP contribution in [-0.4, -0.2) is 37.8 Å². The molecule has 3 aromatic carbocycles. The number of carbonyl (C=O) groups is 2. The van der Waals surface area contributed by atoms with Gasteiger partial charge in [-0.1, -0.05) is 74.9 Å². The van der Waals surface area contributed by atoms with Crippen molar-refractivity contribution >= 4 is 17.4 Å². The number of ether oxygens (including phenoxy) is 1. The molecule has 0 saturated carbocycles. The highest BCUT2D eigenvalue weighted by Crippen LogP contribution is 2.40. The molecule has 1 aliphatic rings. The molecule has 0 spiro atoms. The number of likely N-dealkylation sites (tertiary alicyclic amines) is 1. The number of aromatic nitrogens is 2. The van der Waals surface area contributed by atoms with E-state index < -0.39 is 17.7 Å². The number of nitrogens with zero attached hydrogens (tertiary/aromatic N) is 3. The third-order valence-electron chi connectivity index (χ3n) is 7.62. The van der Waals surface area contributed by atoms with Crippen molar-refractivity contribution in [1.29, 1.82) is 0 Å². The van der Waals surface area contributed by atoms with Crippen LogP contribution in [0.15, 0.2) is 97.1 Å². The van der Waals surface area contributed by atoms with E-state index in [2.05, 4.69) is 31.8 Å². The smallest absolute Gasteiger partial charge is 0.295 e. The summed E-state index contributed by atoms with van der Waals surface area (Å²) in [5, 5.41) is 11.5. The predicted molar refractivity (Wildman–Crippen MR) is 163 cm³/mol. The summed E-state index contributed by atoms with van der Waals surface area (Å²) in [6.07, 6.45) is 5.94. The molecule has 1 amide bonds. The van der Waals surface area contributed by atoms with Gasteiger partial charge in [0.25, 0.3) is 11.7 Å². The Morgan fingerprint density at radius 1 is 0.976 bits per heavy atom. The third kappa shape index (κ3) is 6.30. The normalized spacial score (nSPS) is 16.7. The molecule has 7 nitrogen and oxygen atoms in total. The maximum atomic E-state index is 13.4. The molecule has 2 heterocycles. The minimum Gasteiger partial charge on any atom is -0.507 e. The Morgan fingerprint density at radius 3 is 2.36 bits per heavy atom. The molecule has 1 saturated heterocycles. The first-order valence-corrected chi connectivity index (χ1v) is 14.3. The highest BCUT2D eigenvalue weighted by atomic mass is 16.5. The molecule has 0 bridgehead atoms. The summed E-state index contributed by atoms with van der Waals surface area (Å²) in [4.78, 5) is 32.4. The van der Waals surface area contributed by atoms with Gasteiger partial charge in [0.05, 0.1) is 17.9 Å². The second kappa shape index (κ2) is 12.1. The number of aryl methyl sites for hydroxylation is 2. The quantitative estimate of drug-likeness (QED) is 0.141. The Morgan fingerprint density at radius 2 is 1.71 bits per heavy atom. The van der Waals surface area contributed by atoms with Crippen LogP contribution < -0.4 is 4.74 Å². The number of ketones is 1. The lowest BCUT2D eigenvalue weighted by molar-refractivity contribution is -0.139. The van der Waals surface area contributed by atoms with Gasteiger partial charge in [0.1, 0.15) is 18.1 Å². The molecule has 1 unspecified atom stereocenters. The molecule has 1 aliphatic heterocycles. The Hall–Kier alpha value is -4.65. The first-order valence-electron chi connectivity index (χ1n) is 14.3. The van der Waals surface area contributed by atoms with E-state index in [1.807, 2.05) is 60.2 Å². The molecule has 1 fully saturated rings. The van der Waals surface area contributed by atoms with Crippen LogP contribution >= 0.6 is 0 Å². The van der Waals surface area contributed by atoms with Gasteiger partial charge in [-0.25, -0.2) is 4.98 Å². The van der Waals surface area contributed by atoms with Gasteiger partial charge >= 0.3 is 0 Å². The number of carbonyl (C=O) groups excluding carboxylic acids is 2. The van der Waals surface area contributed by atoms with E-state index in [1.54, 1.807) is 41.7 Å². The molecular weight excluding hydrogens is 526 g/mol. The molecule has 1 atom stereocenters. The second-order valence-corrected chi connectivity index (χ2v) is 11.8.